The number of fused-ring (bicyclic) bond motifs is 5. The highest BCUT2D eigenvalue weighted by Crippen LogP contribution is 2.37. The number of ketones is 3. The molecule has 12 N–H and O–H groups in total. The van der Waals surface area contributed by atoms with E-state index in [-0.39, 0.29) is 46.1 Å². The molecule has 1 saturated heterocycles. The molecule has 11 atom stereocenters. The average Bonchev–Trinajstić information content (AvgIpc) is 1.57. The number of benzene rings is 2. The molecule has 2 bridgehead atoms. The molecule has 13 amide bonds. The van der Waals surface area contributed by atoms with Gasteiger partial charge < -0.3 is 87.0 Å². The lowest BCUT2D eigenvalue weighted by Gasteiger charge is -2.32. The zero-order valence-corrected chi connectivity index (χ0v) is 62.5. The number of methoxy groups -OCH3 is 1. The van der Waals surface area contributed by atoms with Gasteiger partial charge in [0.2, 0.25) is 59.1 Å². The maximum absolute atomic E-state index is 15.2. The normalized spacial score (nSPS) is 21.6. The Bertz CT molecular complexity index is 3920. The summed E-state index contributed by atoms with van der Waals surface area (Å²) in [5, 5.41) is 53.0. The maximum atomic E-state index is 15.2. The number of amides is 13. The van der Waals surface area contributed by atoms with Gasteiger partial charge in [0.25, 0.3) is 11.8 Å². The molecule has 35 nitrogen and oxygen atoms in total. The van der Waals surface area contributed by atoms with E-state index in [0.717, 1.165) is 26.5 Å². The fraction of sp³-hybridized carbons (Fsp3) is 0.548. The number of aromatic nitrogens is 1. The number of hydrogen-bond donors (Lipinski definition) is 12. The first-order valence-corrected chi connectivity index (χ1v) is 37.1. The number of thioether (sulfide) groups is 1. The zero-order chi connectivity index (χ0) is 79.8. The molecule has 109 heavy (non-hydrogen) atoms. The van der Waals surface area contributed by atoms with Gasteiger partial charge in [-0.25, -0.2) is 4.79 Å². The summed E-state index contributed by atoms with van der Waals surface area (Å²) in [6, 6.07) is 6.07. The van der Waals surface area contributed by atoms with E-state index in [0.29, 0.717) is 58.5 Å². The Labute approximate surface area is 634 Å². The number of aromatic amines is 1. The Kier molecular flexibility index (Phi) is 32.3. The van der Waals surface area contributed by atoms with Gasteiger partial charge in [0.1, 0.15) is 35.8 Å². The standard InChI is InChI=1S/C73H97N13O22S.H2/c1-7-40(2)66-70(104)76-35-61(96)79-51-39-109-71-48(47-18-17-45(107-6)31-49(47)80-71)27-43(53(88)19-20-58(93)81-66)28-55(90)67(41(3)56(91)38-87)82-69(103)52-32-46(37-86(52)72(105)44(29-54(51)89)30-65(100)101)108-73(106)84(5)25-24-83(4)64(99)36-77-68(102)50(26-42-14-10-8-11-15-42)78-60(95)34-75-59(94)33-74-57(92)16-12-9-13-23-85-62(97)21-22-63(85)98;/h8,10-11,14-15,17-18,21-22,31,40-41,43-44,46,50-52,56,66-67,80,87,91H,7,9,12-13,16,19-20,23-30,32-39H2,1-6H3,(H,74,92)(H,75,94)(H,76,104)(H,77,102)(H,78,95)(H,79,96)(H,81,93)(H,82,103)(H,100,101);1H/t40-,41-,43+,44-,46-,50+,51-,52?,56-,66+,67?;/m0./s1. The monoisotopic (exact) mass is 1540 g/mol. The third kappa shape index (κ3) is 25.0. The number of aliphatic hydroxyl groups is 2. The van der Waals surface area contributed by atoms with E-state index >= 15 is 14.4 Å². The first kappa shape index (κ1) is 85.6. The number of Topliss-reactive ketones (excluding diaryl/α,β-unsaturated/α-hetero) is 3. The van der Waals surface area contributed by atoms with Crippen LogP contribution in [0.1, 0.15) is 104 Å². The molecular weight excluding hydrogens is 1440 g/mol. The summed E-state index contributed by atoms with van der Waals surface area (Å²) in [5.41, 5.74) is 1.54. The molecule has 2 unspecified atom stereocenters. The summed E-state index contributed by atoms with van der Waals surface area (Å²) in [6.45, 7) is 0.676. The van der Waals surface area contributed by atoms with Gasteiger partial charge in [-0.1, -0.05) is 63.9 Å². The Balaban J connectivity index is 0.0000189. The molecule has 2 aromatic carbocycles. The number of hydrogen-bond acceptors (Lipinski definition) is 22. The second-order valence-corrected chi connectivity index (χ2v) is 28.6. The van der Waals surface area contributed by atoms with Crippen molar-refractivity contribution in [2.24, 2.45) is 23.7 Å². The summed E-state index contributed by atoms with van der Waals surface area (Å²) < 4.78 is 11.4. The van der Waals surface area contributed by atoms with Crippen molar-refractivity contribution < 1.29 is 108 Å². The summed E-state index contributed by atoms with van der Waals surface area (Å²) in [7, 11) is 4.11. The lowest BCUT2D eigenvalue weighted by Crippen LogP contribution is -2.56. The van der Waals surface area contributed by atoms with Gasteiger partial charge in [-0.3, -0.25) is 81.6 Å². The molecule has 1 fully saturated rings. The van der Waals surface area contributed by atoms with E-state index in [1.807, 2.05) is 0 Å². The minimum atomic E-state index is -1.79. The van der Waals surface area contributed by atoms with E-state index in [1.54, 1.807) is 62.4 Å². The van der Waals surface area contributed by atoms with Crippen LogP contribution in [0, 0.1) is 23.7 Å². The highest BCUT2D eigenvalue weighted by molar-refractivity contribution is 7.99. The number of ether oxygens (including phenoxy) is 2. The molecule has 594 valence electrons. The van der Waals surface area contributed by atoms with Gasteiger partial charge in [-0.05, 0) is 48.4 Å². The molecule has 7 rings (SSSR count). The smallest absolute Gasteiger partial charge is 0.409 e. The lowest BCUT2D eigenvalue weighted by atomic mass is 9.83. The van der Waals surface area contributed by atoms with Crippen molar-refractivity contribution in [1.82, 2.24) is 67.1 Å². The van der Waals surface area contributed by atoms with Crippen molar-refractivity contribution in [2.75, 3.05) is 85.9 Å². The molecular formula is C73H99N13O22S. The fourth-order valence-corrected chi connectivity index (χ4v) is 14.0. The number of aliphatic carboxylic acids is 1. The minimum absolute atomic E-state index is 0. The van der Waals surface area contributed by atoms with Gasteiger partial charge in [0.15, 0.2) is 11.6 Å². The van der Waals surface area contributed by atoms with Crippen LogP contribution in [0.15, 0.2) is 65.7 Å². The summed E-state index contributed by atoms with van der Waals surface area (Å²) in [5.74, 6) is -17.5. The van der Waals surface area contributed by atoms with E-state index in [9.17, 15) is 82.4 Å². The van der Waals surface area contributed by atoms with Crippen LogP contribution in [0.2, 0.25) is 0 Å². The molecule has 4 aliphatic heterocycles. The molecule has 36 heteroatoms. The maximum Gasteiger partial charge on any atom is 0.409 e. The number of carboxylic acid groups (broad SMARTS) is 1. The van der Waals surface area contributed by atoms with Crippen molar-refractivity contribution in [1.29, 1.82) is 0 Å². The van der Waals surface area contributed by atoms with Crippen LogP contribution in [0.5, 0.6) is 5.75 Å². The second kappa shape index (κ2) is 41.1. The number of likely N-dealkylation sites (N-methyl/N-ethyl adjacent to an activating group) is 2. The molecule has 0 spiro atoms. The molecule has 0 radical (unpaired) electrons. The number of H-pyrrole nitrogens is 1. The van der Waals surface area contributed by atoms with Crippen molar-refractivity contribution in [2.45, 2.75) is 152 Å². The number of nitrogens with one attached hydrogen (secondary N) is 9. The van der Waals surface area contributed by atoms with Gasteiger partial charge in [0.05, 0.1) is 87.5 Å². The van der Waals surface area contributed by atoms with Crippen molar-refractivity contribution in [3.63, 3.8) is 0 Å². The predicted octanol–water partition coefficient (Wildman–Crippen LogP) is -1.28. The molecule has 3 aromatic rings. The van der Waals surface area contributed by atoms with Gasteiger partial charge in [-0.2, -0.15) is 0 Å². The quantitative estimate of drug-likeness (QED) is 0.0298. The van der Waals surface area contributed by atoms with E-state index in [1.165, 1.54) is 45.2 Å². The van der Waals surface area contributed by atoms with E-state index in [2.05, 4.69) is 47.5 Å². The van der Waals surface area contributed by atoms with Crippen LogP contribution < -0.4 is 47.3 Å². The van der Waals surface area contributed by atoms with Gasteiger partial charge in [-0.15, -0.1) is 11.8 Å². The van der Waals surface area contributed by atoms with E-state index in [4.69, 9.17) is 9.47 Å². The van der Waals surface area contributed by atoms with Crippen LogP contribution in [0.25, 0.3) is 10.9 Å². The van der Waals surface area contributed by atoms with Crippen molar-refractivity contribution >= 4 is 123 Å². The first-order valence-electron chi connectivity index (χ1n) is 36.1. The Morgan fingerprint density at radius 2 is 1.45 bits per heavy atom. The van der Waals surface area contributed by atoms with Crippen molar-refractivity contribution in [3.05, 3.63) is 71.8 Å². The Hall–Kier alpha value is -10.6. The number of aliphatic hydroxyl groups excluding tert-OH is 2. The molecule has 0 saturated carbocycles. The van der Waals surface area contributed by atoms with Gasteiger partial charge >= 0.3 is 12.1 Å². The largest absolute Gasteiger partial charge is 0.497 e. The lowest BCUT2D eigenvalue weighted by molar-refractivity contribution is -0.148. The summed E-state index contributed by atoms with van der Waals surface area (Å²) in [6.07, 6.45) is -4.18. The van der Waals surface area contributed by atoms with Crippen LogP contribution in [0.3, 0.4) is 0 Å². The van der Waals surface area contributed by atoms with Crippen LogP contribution in [-0.2, 0) is 94.3 Å². The Morgan fingerprint density at radius 1 is 0.752 bits per heavy atom. The van der Waals surface area contributed by atoms with Crippen LogP contribution >= 0.6 is 11.8 Å². The molecule has 4 aliphatic rings. The predicted molar refractivity (Wildman–Crippen MR) is 391 cm³/mol. The molecule has 5 heterocycles. The first-order chi connectivity index (χ1) is 51.9. The number of nitrogens with zero attached hydrogens (tertiary/aromatic N) is 4. The molecule has 0 aliphatic carbocycles. The van der Waals surface area contributed by atoms with Crippen molar-refractivity contribution in [3.8, 4) is 5.75 Å². The Morgan fingerprint density at radius 3 is 2.14 bits per heavy atom. The topological polar surface area (TPSA) is 494 Å². The number of imide groups is 1. The zero-order valence-electron chi connectivity index (χ0n) is 61.7. The fourth-order valence-electron chi connectivity index (χ4n) is 12.8. The number of rotatable bonds is 28. The van der Waals surface area contributed by atoms with Gasteiger partial charge in [0, 0.05) is 121 Å². The number of carbonyl (C=O) groups is 17. The summed E-state index contributed by atoms with van der Waals surface area (Å²) >= 11 is 0.996. The minimum Gasteiger partial charge on any atom is -0.497 e. The van der Waals surface area contributed by atoms with Crippen LogP contribution in [0.4, 0.5) is 4.79 Å². The van der Waals surface area contributed by atoms with E-state index < -0.39 is 244 Å². The second-order valence-electron chi connectivity index (χ2n) is 27.6. The third-order valence-electron chi connectivity index (χ3n) is 19.6. The van der Waals surface area contributed by atoms with Crippen LogP contribution in [-0.4, -0.2) is 269 Å². The number of carbonyl (C=O) groups excluding carboxylic acids is 16. The number of carboxylic acids is 1. The highest BCUT2D eigenvalue weighted by Gasteiger charge is 2.47. The highest BCUT2D eigenvalue weighted by atomic mass is 32.2. The molecule has 1 aromatic heterocycles. The SMILES string of the molecule is CC[C@H](C)[C@H]1NC(=O)CCC(=O)[C@H]2CC(=O)C([C@@H](C)[C@@H](O)CO)NC(=O)C3C[C@H](OC(=O)N(C)CCN(C)C(=O)CNC(=O)[C@@H](Cc4ccccc4)NC(=O)CNC(=O)CNC(=O)CCCCCN4C(=O)C=CC4=O)CN3C(=O)[C@H](CC(=O)O)CC(=O)[C@H](CSc3[nH]c4cc(OC)ccc4c3C2)NC(=O)CNC1=O.[HH]. The number of unbranched alkanes of at least 4 members (excludes halogenated alkanes) is 2. The average molecular weight is 1540 g/mol. The summed E-state index contributed by atoms with van der Waals surface area (Å²) in [4.78, 5) is 240. The third-order valence-corrected chi connectivity index (χ3v) is 20.7.